The Hall–Kier alpha value is -3.55. The molecule has 29 heavy (non-hydrogen) atoms. The molecule has 1 N–H and O–H groups in total. The number of aromatic nitrogens is 2. The van der Waals surface area contributed by atoms with Gasteiger partial charge in [-0.15, -0.1) is 10.2 Å². The van der Waals surface area contributed by atoms with E-state index in [-0.39, 0.29) is 12.3 Å². The predicted molar refractivity (Wildman–Crippen MR) is 108 cm³/mol. The number of methoxy groups -OCH3 is 3. The largest absolute Gasteiger partial charge is 0.493 e. The number of nitrogens with one attached hydrogen (secondary N) is 1. The lowest BCUT2D eigenvalue weighted by molar-refractivity contribution is -0.116. The molecule has 2 aromatic carbocycles. The smallest absolute Gasteiger partial charge is 0.247 e. The summed E-state index contributed by atoms with van der Waals surface area (Å²) < 4.78 is 21.5. The number of benzene rings is 2. The second kappa shape index (κ2) is 9.09. The minimum Gasteiger partial charge on any atom is -0.493 e. The van der Waals surface area contributed by atoms with Crippen molar-refractivity contribution in [1.29, 1.82) is 0 Å². The van der Waals surface area contributed by atoms with Crippen molar-refractivity contribution in [3.8, 4) is 28.7 Å². The molecule has 0 fully saturated rings. The van der Waals surface area contributed by atoms with Gasteiger partial charge in [0.25, 0.3) is 0 Å². The predicted octanol–water partition coefficient (Wildman–Crippen LogP) is 3.64. The minimum absolute atomic E-state index is 0.187. The lowest BCUT2D eigenvalue weighted by Gasteiger charge is -2.14. The van der Waals surface area contributed by atoms with Gasteiger partial charge in [-0.2, -0.15) is 0 Å². The van der Waals surface area contributed by atoms with Crippen LogP contribution in [-0.4, -0.2) is 37.4 Å². The maximum atomic E-state index is 12.3. The molecular weight excluding hydrogens is 374 g/mol. The second-order valence-corrected chi connectivity index (χ2v) is 6.33. The fraction of sp³-hybridized carbons (Fsp3) is 0.286. The summed E-state index contributed by atoms with van der Waals surface area (Å²) in [6, 6.07) is 11.1. The van der Waals surface area contributed by atoms with E-state index in [1.807, 2.05) is 31.2 Å². The normalized spacial score (nSPS) is 10.5. The molecule has 1 amide bonds. The lowest BCUT2D eigenvalue weighted by atomic mass is 10.1. The first-order valence-electron chi connectivity index (χ1n) is 9.03. The van der Waals surface area contributed by atoms with Gasteiger partial charge in [-0.25, -0.2) is 0 Å². The quantitative estimate of drug-likeness (QED) is 0.620. The average molecular weight is 397 g/mol. The van der Waals surface area contributed by atoms with Crippen molar-refractivity contribution in [2.45, 2.75) is 19.8 Å². The van der Waals surface area contributed by atoms with Crippen LogP contribution >= 0.6 is 0 Å². The van der Waals surface area contributed by atoms with Crippen LogP contribution < -0.4 is 19.5 Å². The summed E-state index contributed by atoms with van der Waals surface area (Å²) in [6.07, 6.45) is 0.515. The van der Waals surface area contributed by atoms with Gasteiger partial charge < -0.3 is 23.9 Å². The second-order valence-electron chi connectivity index (χ2n) is 6.33. The molecule has 0 atom stereocenters. The van der Waals surface area contributed by atoms with Crippen LogP contribution in [0.1, 0.15) is 17.9 Å². The highest BCUT2D eigenvalue weighted by molar-refractivity contribution is 5.91. The molecule has 0 bridgehead atoms. The van der Waals surface area contributed by atoms with Crippen molar-refractivity contribution in [2.24, 2.45) is 0 Å². The van der Waals surface area contributed by atoms with E-state index < -0.39 is 0 Å². The number of ether oxygens (including phenoxy) is 3. The first-order valence-corrected chi connectivity index (χ1v) is 9.03. The number of anilines is 1. The number of nitrogens with zero attached hydrogens (tertiary/aromatic N) is 2. The third-order valence-electron chi connectivity index (χ3n) is 4.25. The Morgan fingerprint density at radius 1 is 1.03 bits per heavy atom. The van der Waals surface area contributed by atoms with Crippen molar-refractivity contribution in [2.75, 3.05) is 26.6 Å². The van der Waals surface area contributed by atoms with E-state index in [1.54, 1.807) is 12.1 Å². The highest BCUT2D eigenvalue weighted by Gasteiger charge is 2.15. The molecule has 152 valence electrons. The lowest BCUT2D eigenvalue weighted by Crippen LogP contribution is -2.12. The van der Waals surface area contributed by atoms with Crippen LogP contribution in [0, 0.1) is 6.92 Å². The van der Waals surface area contributed by atoms with E-state index >= 15 is 0 Å². The van der Waals surface area contributed by atoms with Crippen LogP contribution in [0.2, 0.25) is 0 Å². The van der Waals surface area contributed by atoms with Crippen LogP contribution in [0.4, 0.5) is 5.69 Å². The Bertz CT molecular complexity index is 974. The van der Waals surface area contributed by atoms with E-state index in [0.29, 0.717) is 41.1 Å². The Morgan fingerprint density at radius 2 is 1.76 bits per heavy atom. The van der Waals surface area contributed by atoms with Crippen molar-refractivity contribution in [1.82, 2.24) is 10.2 Å². The van der Waals surface area contributed by atoms with Crippen molar-refractivity contribution < 1.29 is 23.4 Å². The topological polar surface area (TPSA) is 95.7 Å². The van der Waals surface area contributed by atoms with Gasteiger partial charge in [0.2, 0.25) is 23.4 Å². The highest BCUT2D eigenvalue weighted by Crippen LogP contribution is 2.39. The maximum Gasteiger partial charge on any atom is 0.247 e. The monoisotopic (exact) mass is 397 g/mol. The SMILES string of the molecule is COc1cc(NC(=O)CCc2nnc(-c3cccc(C)c3)o2)cc(OC)c1OC. The summed E-state index contributed by atoms with van der Waals surface area (Å²) in [5.74, 6) is 2.02. The number of hydrogen-bond donors (Lipinski definition) is 1. The Morgan fingerprint density at radius 3 is 2.38 bits per heavy atom. The fourth-order valence-electron chi connectivity index (χ4n) is 2.85. The number of carbonyl (C=O) groups is 1. The van der Waals surface area contributed by atoms with Crippen LogP contribution in [0.25, 0.3) is 11.5 Å². The van der Waals surface area contributed by atoms with E-state index in [4.69, 9.17) is 18.6 Å². The molecule has 8 heteroatoms. The van der Waals surface area contributed by atoms with Gasteiger partial charge >= 0.3 is 0 Å². The molecule has 1 aromatic heterocycles. The molecule has 0 aliphatic rings. The Labute approximate surface area is 168 Å². The summed E-state index contributed by atoms with van der Waals surface area (Å²) in [5.41, 5.74) is 2.49. The Balaban J connectivity index is 1.63. The molecule has 3 aromatic rings. The number of amides is 1. The summed E-state index contributed by atoms with van der Waals surface area (Å²) in [7, 11) is 4.56. The zero-order valence-corrected chi connectivity index (χ0v) is 16.8. The first kappa shape index (κ1) is 20.2. The number of carbonyl (C=O) groups excluding carboxylic acids is 1. The molecule has 0 unspecified atom stereocenters. The zero-order valence-electron chi connectivity index (χ0n) is 16.8. The van der Waals surface area contributed by atoms with E-state index in [2.05, 4.69) is 15.5 Å². The van der Waals surface area contributed by atoms with Crippen LogP contribution in [0.3, 0.4) is 0 Å². The molecule has 3 rings (SSSR count). The third kappa shape index (κ3) is 4.84. The maximum absolute atomic E-state index is 12.3. The number of hydrogen-bond acceptors (Lipinski definition) is 7. The van der Waals surface area contributed by atoms with Gasteiger partial charge in [-0.1, -0.05) is 17.7 Å². The van der Waals surface area contributed by atoms with Crippen molar-refractivity contribution >= 4 is 11.6 Å². The van der Waals surface area contributed by atoms with Crippen LogP contribution in [0.15, 0.2) is 40.8 Å². The van der Waals surface area contributed by atoms with E-state index in [0.717, 1.165) is 11.1 Å². The molecule has 8 nitrogen and oxygen atoms in total. The zero-order chi connectivity index (χ0) is 20.8. The summed E-state index contributed by atoms with van der Waals surface area (Å²) in [4.78, 5) is 12.3. The molecule has 0 radical (unpaired) electrons. The molecule has 1 heterocycles. The summed E-state index contributed by atoms with van der Waals surface area (Å²) >= 11 is 0. The first-order chi connectivity index (χ1) is 14.0. The fourth-order valence-corrected chi connectivity index (χ4v) is 2.85. The van der Waals surface area contributed by atoms with Gasteiger partial charge in [0.1, 0.15) is 0 Å². The third-order valence-corrected chi connectivity index (χ3v) is 4.25. The number of rotatable bonds is 8. The van der Waals surface area contributed by atoms with Gasteiger partial charge in [-0.3, -0.25) is 4.79 Å². The Kier molecular flexibility index (Phi) is 6.33. The van der Waals surface area contributed by atoms with Gasteiger partial charge in [0.15, 0.2) is 11.5 Å². The van der Waals surface area contributed by atoms with Crippen molar-refractivity contribution in [3.63, 3.8) is 0 Å². The highest BCUT2D eigenvalue weighted by atomic mass is 16.5. The average Bonchev–Trinajstić information content (AvgIpc) is 3.20. The summed E-state index contributed by atoms with van der Waals surface area (Å²) in [6.45, 7) is 1.99. The minimum atomic E-state index is -0.199. The van der Waals surface area contributed by atoms with Gasteiger partial charge in [0.05, 0.1) is 21.3 Å². The van der Waals surface area contributed by atoms with Crippen molar-refractivity contribution in [3.05, 3.63) is 47.9 Å². The molecule has 0 saturated carbocycles. The molecular formula is C21H23N3O5. The summed E-state index contributed by atoms with van der Waals surface area (Å²) in [5, 5.41) is 10.9. The molecule has 0 saturated heterocycles. The van der Waals surface area contributed by atoms with E-state index in [1.165, 1.54) is 21.3 Å². The molecule has 0 aliphatic heterocycles. The number of aryl methyl sites for hydroxylation is 2. The van der Waals surface area contributed by atoms with E-state index in [9.17, 15) is 4.79 Å². The standard InChI is InChI=1S/C21H23N3O5/c1-13-6-5-7-14(10-13)21-24-23-19(29-21)9-8-18(25)22-15-11-16(26-2)20(28-4)17(12-15)27-3/h5-7,10-12H,8-9H2,1-4H3,(H,22,25). The van der Waals surface area contributed by atoms with Gasteiger partial charge in [-0.05, 0) is 19.1 Å². The molecule has 0 spiro atoms. The van der Waals surface area contributed by atoms with Gasteiger partial charge in [0, 0.05) is 36.2 Å². The van der Waals surface area contributed by atoms with Crippen LogP contribution in [0.5, 0.6) is 17.2 Å². The van der Waals surface area contributed by atoms with Crippen LogP contribution in [-0.2, 0) is 11.2 Å². The molecule has 0 aliphatic carbocycles.